The molecule has 2 aromatic carbocycles. The fourth-order valence-electron chi connectivity index (χ4n) is 2.57. The molecule has 8 heteroatoms. The summed E-state index contributed by atoms with van der Waals surface area (Å²) in [6.07, 6.45) is 0. The molecule has 29 heavy (non-hydrogen) atoms. The van der Waals surface area contributed by atoms with Crippen molar-refractivity contribution >= 4 is 60.6 Å². The van der Waals surface area contributed by atoms with Crippen LogP contribution in [0.15, 0.2) is 60.7 Å². The number of nitrogens with zero attached hydrogens (tertiary/aromatic N) is 1. The first kappa shape index (κ1) is 19.1. The van der Waals surface area contributed by atoms with E-state index in [0.717, 1.165) is 25.9 Å². The monoisotopic (exact) mass is 423 g/mol. The van der Waals surface area contributed by atoms with Crippen LogP contribution in [0.25, 0.3) is 9.53 Å². The first-order valence-corrected chi connectivity index (χ1v) is 10.5. The number of aryl methyl sites for hydroxylation is 1. The number of thiophene rings is 1. The average molecular weight is 424 g/mol. The minimum absolute atomic E-state index is 0.341. The highest BCUT2D eigenvalue weighted by atomic mass is 32.1. The maximum Gasteiger partial charge on any atom is 0.348 e. The number of anilines is 3. The Bertz CT molecular complexity index is 1120. The van der Waals surface area contributed by atoms with E-state index in [4.69, 9.17) is 4.74 Å². The van der Waals surface area contributed by atoms with Crippen LogP contribution in [0, 0.1) is 6.92 Å². The molecule has 0 aliphatic rings. The van der Waals surface area contributed by atoms with E-state index < -0.39 is 5.97 Å². The molecule has 0 spiro atoms. The molecule has 0 radical (unpaired) electrons. The van der Waals surface area contributed by atoms with Crippen molar-refractivity contribution in [3.8, 4) is 0 Å². The van der Waals surface area contributed by atoms with Gasteiger partial charge in [0.15, 0.2) is 11.7 Å². The highest BCUT2D eigenvalue weighted by Crippen LogP contribution is 2.34. The van der Waals surface area contributed by atoms with Crippen LogP contribution in [-0.4, -0.2) is 23.5 Å². The molecule has 2 heterocycles. The van der Waals surface area contributed by atoms with Gasteiger partial charge in [0.05, 0.1) is 4.70 Å². The summed E-state index contributed by atoms with van der Waals surface area (Å²) in [6, 6.07) is 18.9. The van der Waals surface area contributed by atoms with Crippen molar-refractivity contribution in [3.63, 3.8) is 0 Å². The number of carbonyl (C=O) groups excluding carboxylic acids is 2. The Morgan fingerprint density at radius 1 is 1.00 bits per heavy atom. The second kappa shape index (κ2) is 8.42. The topological polar surface area (TPSA) is 80.3 Å². The van der Waals surface area contributed by atoms with Crippen molar-refractivity contribution in [2.75, 3.05) is 17.2 Å². The third kappa shape index (κ3) is 4.79. The Hall–Kier alpha value is -3.23. The van der Waals surface area contributed by atoms with Crippen LogP contribution < -0.4 is 10.6 Å². The molecule has 6 nitrogen and oxygen atoms in total. The first-order chi connectivity index (χ1) is 14.1. The van der Waals surface area contributed by atoms with E-state index in [1.54, 1.807) is 18.2 Å². The quantitative estimate of drug-likeness (QED) is 0.416. The van der Waals surface area contributed by atoms with Gasteiger partial charge in [-0.15, -0.1) is 11.3 Å². The van der Waals surface area contributed by atoms with Crippen LogP contribution in [-0.2, 0) is 9.53 Å². The SMILES string of the molecule is Cc1ccc(NC(=O)COC(=O)c2cc3sc(Nc4ccccc4)nc3s2)cc1. The number of hydrogen-bond donors (Lipinski definition) is 2. The molecular formula is C21H17N3O3S2. The van der Waals surface area contributed by atoms with Gasteiger partial charge < -0.3 is 15.4 Å². The number of amides is 1. The fraction of sp³-hybridized carbons (Fsp3) is 0.0952. The Morgan fingerprint density at radius 2 is 1.76 bits per heavy atom. The molecule has 2 aromatic heterocycles. The number of para-hydroxylation sites is 1. The van der Waals surface area contributed by atoms with Gasteiger partial charge in [-0.05, 0) is 37.3 Å². The van der Waals surface area contributed by atoms with E-state index in [1.807, 2.05) is 49.4 Å². The third-order valence-corrected chi connectivity index (χ3v) is 6.04. The van der Waals surface area contributed by atoms with Crippen molar-refractivity contribution in [2.45, 2.75) is 6.92 Å². The van der Waals surface area contributed by atoms with Gasteiger partial charge in [-0.25, -0.2) is 9.78 Å². The number of ether oxygens (including phenoxy) is 1. The second-order valence-electron chi connectivity index (χ2n) is 6.28. The van der Waals surface area contributed by atoms with Crippen LogP contribution in [0.4, 0.5) is 16.5 Å². The number of fused-ring (bicyclic) bond motifs is 1. The molecule has 4 aromatic rings. The van der Waals surface area contributed by atoms with Gasteiger partial charge in [0.25, 0.3) is 5.91 Å². The van der Waals surface area contributed by atoms with Crippen LogP contribution in [0.3, 0.4) is 0 Å². The van der Waals surface area contributed by atoms with Gasteiger partial charge in [-0.2, -0.15) is 0 Å². The summed E-state index contributed by atoms with van der Waals surface area (Å²) in [5, 5.41) is 6.70. The number of carbonyl (C=O) groups is 2. The lowest BCUT2D eigenvalue weighted by atomic mass is 10.2. The summed E-state index contributed by atoms with van der Waals surface area (Å²) in [6.45, 7) is 1.63. The molecule has 0 saturated heterocycles. The molecule has 2 N–H and O–H groups in total. The largest absolute Gasteiger partial charge is 0.451 e. The minimum Gasteiger partial charge on any atom is -0.451 e. The lowest BCUT2D eigenvalue weighted by Crippen LogP contribution is -2.20. The molecular weight excluding hydrogens is 406 g/mol. The Balaban J connectivity index is 1.34. The lowest BCUT2D eigenvalue weighted by Gasteiger charge is -2.06. The predicted octanol–water partition coefficient (Wildman–Crippen LogP) is 5.21. The summed E-state index contributed by atoms with van der Waals surface area (Å²) in [5.41, 5.74) is 2.71. The van der Waals surface area contributed by atoms with Crippen LogP contribution >= 0.6 is 22.7 Å². The number of benzene rings is 2. The molecule has 146 valence electrons. The minimum atomic E-state index is -0.531. The maximum absolute atomic E-state index is 12.3. The smallest absolute Gasteiger partial charge is 0.348 e. The molecule has 0 aliphatic carbocycles. The average Bonchev–Trinajstić information content (AvgIpc) is 3.27. The number of thiazole rings is 1. The van der Waals surface area contributed by atoms with Crippen LogP contribution in [0.5, 0.6) is 0 Å². The van der Waals surface area contributed by atoms with Crippen molar-refractivity contribution in [1.82, 2.24) is 4.98 Å². The lowest BCUT2D eigenvalue weighted by molar-refractivity contribution is -0.119. The summed E-state index contributed by atoms with van der Waals surface area (Å²) in [7, 11) is 0. The number of nitrogens with one attached hydrogen (secondary N) is 2. The van der Waals surface area contributed by atoms with Gasteiger partial charge in [0, 0.05) is 11.4 Å². The zero-order chi connectivity index (χ0) is 20.2. The first-order valence-electron chi connectivity index (χ1n) is 8.83. The molecule has 0 fully saturated rings. The van der Waals surface area contributed by atoms with E-state index >= 15 is 0 Å². The highest BCUT2D eigenvalue weighted by Gasteiger charge is 2.16. The van der Waals surface area contributed by atoms with Crippen LogP contribution in [0.1, 0.15) is 15.2 Å². The number of esters is 1. The molecule has 0 aliphatic heterocycles. The van der Waals surface area contributed by atoms with Crippen molar-refractivity contribution in [2.24, 2.45) is 0 Å². The number of rotatable bonds is 6. The predicted molar refractivity (Wildman–Crippen MR) is 117 cm³/mol. The van der Waals surface area contributed by atoms with Gasteiger partial charge >= 0.3 is 5.97 Å². The maximum atomic E-state index is 12.3. The van der Waals surface area contributed by atoms with Crippen molar-refractivity contribution in [1.29, 1.82) is 0 Å². The highest BCUT2D eigenvalue weighted by molar-refractivity contribution is 7.29. The zero-order valence-corrected chi connectivity index (χ0v) is 17.1. The van der Waals surface area contributed by atoms with Gasteiger partial charge in [0.1, 0.15) is 9.71 Å². The van der Waals surface area contributed by atoms with E-state index in [1.165, 1.54) is 22.7 Å². The summed E-state index contributed by atoms with van der Waals surface area (Å²) in [5.74, 6) is -0.912. The fourth-order valence-corrected chi connectivity index (χ4v) is 4.60. The van der Waals surface area contributed by atoms with E-state index in [9.17, 15) is 9.59 Å². The molecule has 4 rings (SSSR count). The zero-order valence-electron chi connectivity index (χ0n) is 15.5. The number of aromatic nitrogens is 1. The van der Waals surface area contributed by atoms with E-state index in [0.29, 0.717) is 10.6 Å². The summed E-state index contributed by atoms with van der Waals surface area (Å²) in [4.78, 5) is 29.9. The normalized spacial score (nSPS) is 10.7. The Labute approximate surface area is 175 Å². The van der Waals surface area contributed by atoms with Crippen LogP contribution in [0.2, 0.25) is 0 Å². The molecule has 0 saturated carbocycles. The summed E-state index contributed by atoms with van der Waals surface area (Å²) >= 11 is 2.71. The van der Waals surface area contributed by atoms with Gasteiger partial charge in [-0.3, -0.25) is 4.79 Å². The van der Waals surface area contributed by atoms with Gasteiger partial charge in [0.2, 0.25) is 0 Å². The van der Waals surface area contributed by atoms with E-state index in [2.05, 4.69) is 15.6 Å². The number of hydrogen-bond acceptors (Lipinski definition) is 7. The third-order valence-electron chi connectivity index (χ3n) is 3.99. The van der Waals surface area contributed by atoms with Crippen molar-refractivity contribution < 1.29 is 14.3 Å². The molecule has 0 unspecified atom stereocenters. The Kier molecular flexibility index (Phi) is 5.55. The molecule has 0 atom stereocenters. The van der Waals surface area contributed by atoms with E-state index in [-0.39, 0.29) is 12.5 Å². The van der Waals surface area contributed by atoms with Gasteiger partial charge in [-0.1, -0.05) is 47.2 Å². The molecule has 1 amide bonds. The summed E-state index contributed by atoms with van der Waals surface area (Å²) < 4.78 is 6.02. The Morgan fingerprint density at radius 3 is 2.48 bits per heavy atom. The van der Waals surface area contributed by atoms with Crippen molar-refractivity contribution in [3.05, 3.63) is 71.1 Å². The standard InChI is InChI=1S/C21H17N3O3S2/c1-13-7-9-15(10-8-13)22-18(25)12-27-20(26)17-11-16-19(28-17)24-21(29-16)23-14-5-3-2-4-6-14/h2-11H,12H2,1H3,(H,22,25)(H,23,24). The second-order valence-corrected chi connectivity index (χ2v) is 8.34. The molecule has 0 bridgehead atoms.